The standard InChI is InChI=1S/C16H17F3N2O2/c1-11(15(22)21-10-14-6-3-7-23-14)20-9-12-4-2-5-13(8-12)16(17,18)19/h2-8,11,20H,9-10H2,1H3,(H,21,22). The van der Waals surface area contributed by atoms with Gasteiger partial charge in [-0.3, -0.25) is 4.79 Å². The van der Waals surface area contributed by atoms with E-state index in [1.807, 2.05) is 0 Å². The summed E-state index contributed by atoms with van der Waals surface area (Å²) in [5.41, 5.74) is -0.239. The quantitative estimate of drug-likeness (QED) is 0.858. The van der Waals surface area contributed by atoms with Crippen molar-refractivity contribution in [3.8, 4) is 0 Å². The first-order valence-corrected chi connectivity index (χ1v) is 7.06. The van der Waals surface area contributed by atoms with Crippen molar-refractivity contribution in [3.05, 3.63) is 59.5 Å². The van der Waals surface area contributed by atoms with E-state index in [-0.39, 0.29) is 19.0 Å². The second-order valence-corrected chi connectivity index (χ2v) is 5.10. The molecule has 7 heteroatoms. The summed E-state index contributed by atoms with van der Waals surface area (Å²) in [6, 6.07) is 7.93. The Balaban J connectivity index is 1.84. The molecule has 2 aromatic rings. The monoisotopic (exact) mass is 326 g/mol. The Morgan fingerprint density at radius 3 is 2.65 bits per heavy atom. The number of amides is 1. The Kier molecular flexibility index (Phi) is 5.44. The fourth-order valence-electron chi connectivity index (χ4n) is 1.96. The van der Waals surface area contributed by atoms with Gasteiger partial charge < -0.3 is 15.1 Å². The summed E-state index contributed by atoms with van der Waals surface area (Å²) >= 11 is 0. The van der Waals surface area contributed by atoms with Gasteiger partial charge in [-0.25, -0.2) is 0 Å². The molecule has 0 aliphatic heterocycles. The lowest BCUT2D eigenvalue weighted by Gasteiger charge is -2.14. The van der Waals surface area contributed by atoms with Gasteiger partial charge in [0.15, 0.2) is 0 Å². The van der Waals surface area contributed by atoms with Crippen LogP contribution in [-0.2, 0) is 24.1 Å². The van der Waals surface area contributed by atoms with Crippen molar-refractivity contribution in [3.63, 3.8) is 0 Å². The first-order chi connectivity index (χ1) is 10.9. The number of hydrogen-bond acceptors (Lipinski definition) is 3. The maximum absolute atomic E-state index is 12.6. The topological polar surface area (TPSA) is 54.3 Å². The second kappa shape index (κ2) is 7.32. The van der Waals surface area contributed by atoms with Crippen LogP contribution in [0.15, 0.2) is 47.1 Å². The Bertz CT molecular complexity index is 639. The van der Waals surface area contributed by atoms with Gasteiger partial charge in [0, 0.05) is 6.54 Å². The number of alkyl halides is 3. The number of nitrogens with one attached hydrogen (secondary N) is 2. The van der Waals surface area contributed by atoms with E-state index in [0.717, 1.165) is 12.1 Å². The maximum Gasteiger partial charge on any atom is 0.416 e. The number of furan rings is 1. The molecule has 0 saturated carbocycles. The van der Waals surface area contributed by atoms with Crippen LogP contribution in [0.25, 0.3) is 0 Å². The highest BCUT2D eigenvalue weighted by atomic mass is 19.4. The zero-order valence-corrected chi connectivity index (χ0v) is 12.5. The lowest BCUT2D eigenvalue weighted by Crippen LogP contribution is -2.41. The van der Waals surface area contributed by atoms with Crippen molar-refractivity contribution < 1.29 is 22.4 Å². The lowest BCUT2D eigenvalue weighted by atomic mass is 10.1. The molecule has 4 nitrogen and oxygen atoms in total. The third-order valence-corrected chi connectivity index (χ3v) is 3.28. The van der Waals surface area contributed by atoms with E-state index >= 15 is 0 Å². The predicted molar refractivity (Wildman–Crippen MR) is 78.3 cm³/mol. The highest BCUT2D eigenvalue weighted by Gasteiger charge is 2.30. The van der Waals surface area contributed by atoms with Crippen LogP contribution in [0.4, 0.5) is 13.2 Å². The number of carbonyl (C=O) groups excluding carboxylic acids is 1. The second-order valence-electron chi connectivity index (χ2n) is 5.10. The van der Waals surface area contributed by atoms with Gasteiger partial charge in [-0.1, -0.05) is 18.2 Å². The summed E-state index contributed by atoms with van der Waals surface area (Å²) in [5.74, 6) is 0.372. The van der Waals surface area contributed by atoms with Crippen molar-refractivity contribution in [2.45, 2.75) is 32.2 Å². The van der Waals surface area contributed by atoms with Gasteiger partial charge in [0.2, 0.25) is 5.91 Å². The molecule has 0 saturated heterocycles. The number of hydrogen-bond donors (Lipinski definition) is 2. The van der Waals surface area contributed by atoms with E-state index in [9.17, 15) is 18.0 Å². The fraction of sp³-hybridized carbons (Fsp3) is 0.312. The van der Waals surface area contributed by atoms with E-state index < -0.39 is 17.8 Å². The van der Waals surface area contributed by atoms with Gasteiger partial charge in [-0.05, 0) is 30.7 Å². The summed E-state index contributed by atoms with van der Waals surface area (Å²) in [7, 11) is 0. The van der Waals surface area contributed by atoms with Gasteiger partial charge >= 0.3 is 6.18 Å². The fourth-order valence-corrected chi connectivity index (χ4v) is 1.96. The number of benzene rings is 1. The Morgan fingerprint density at radius 2 is 2.00 bits per heavy atom. The van der Waals surface area contributed by atoms with E-state index in [1.165, 1.54) is 12.3 Å². The smallest absolute Gasteiger partial charge is 0.416 e. The SMILES string of the molecule is CC(NCc1cccc(C(F)(F)F)c1)C(=O)NCc1ccco1. The van der Waals surface area contributed by atoms with Gasteiger partial charge in [0.05, 0.1) is 24.4 Å². The van der Waals surface area contributed by atoms with E-state index in [1.54, 1.807) is 25.1 Å². The molecule has 1 aromatic heterocycles. The van der Waals surface area contributed by atoms with Crippen molar-refractivity contribution >= 4 is 5.91 Å². The largest absolute Gasteiger partial charge is 0.467 e. The van der Waals surface area contributed by atoms with Crippen molar-refractivity contribution in [2.75, 3.05) is 0 Å². The average molecular weight is 326 g/mol. The molecule has 0 aliphatic carbocycles. The molecule has 0 radical (unpaired) electrons. The summed E-state index contributed by atoms with van der Waals surface area (Å²) < 4.78 is 43.0. The molecule has 0 fully saturated rings. The molecule has 0 bridgehead atoms. The van der Waals surface area contributed by atoms with Gasteiger partial charge in [-0.2, -0.15) is 13.2 Å². The molecule has 1 unspecified atom stereocenters. The normalized spacial score (nSPS) is 12.9. The van der Waals surface area contributed by atoms with Crippen LogP contribution in [0.1, 0.15) is 23.8 Å². The third kappa shape index (κ3) is 5.14. The van der Waals surface area contributed by atoms with Gasteiger partial charge in [-0.15, -0.1) is 0 Å². The Hall–Kier alpha value is -2.28. The number of carbonyl (C=O) groups is 1. The van der Waals surface area contributed by atoms with Crippen molar-refractivity contribution in [1.82, 2.24) is 10.6 Å². The molecule has 2 rings (SSSR count). The first-order valence-electron chi connectivity index (χ1n) is 7.06. The first kappa shape index (κ1) is 17.1. The molecule has 1 heterocycles. The summed E-state index contributed by atoms with van der Waals surface area (Å²) in [6.45, 7) is 2.08. The maximum atomic E-state index is 12.6. The molecular formula is C16H17F3N2O2. The van der Waals surface area contributed by atoms with Gasteiger partial charge in [0.1, 0.15) is 5.76 Å². The minimum atomic E-state index is -4.37. The third-order valence-electron chi connectivity index (χ3n) is 3.28. The predicted octanol–water partition coefficient (Wildman–Crippen LogP) is 3.09. The zero-order valence-electron chi connectivity index (χ0n) is 12.5. The lowest BCUT2D eigenvalue weighted by molar-refractivity contribution is -0.137. The molecular weight excluding hydrogens is 309 g/mol. The van der Waals surface area contributed by atoms with Crippen LogP contribution >= 0.6 is 0 Å². The Labute approximate surface area is 131 Å². The average Bonchev–Trinajstić information content (AvgIpc) is 3.03. The van der Waals surface area contributed by atoms with Crippen molar-refractivity contribution in [1.29, 1.82) is 0 Å². The molecule has 1 atom stereocenters. The van der Waals surface area contributed by atoms with Crippen LogP contribution in [0, 0.1) is 0 Å². The van der Waals surface area contributed by atoms with Crippen LogP contribution in [0.2, 0.25) is 0 Å². The highest BCUT2D eigenvalue weighted by molar-refractivity contribution is 5.81. The molecule has 0 spiro atoms. The van der Waals surface area contributed by atoms with Crippen LogP contribution < -0.4 is 10.6 Å². The van der Waals surface area contributed by atoms with Gasteiger partial charge in [0.25, 0.3) is 0 Å². The summed E-state index contributed by atoms with van der Waals surface area (Å²) in [4.78, 5) is 11.9. The molecule has 0 aliphatic rings. The minimum absolute atomic E-state index is 0.166. The molecule has 23 heavy (non-hydrogen) atoms. The van der Waals surface area contributed by atoms with Crippen LogP contribution in [0.3, 0.4) is 0 Å². The van der Waals surface area contributed by atoms with Crippen LogP contribution in [0.5, 0.6) is 0 Å². The van der Waals surface area contributed by atoms with Crippen molar-refractivity contribution in [2.24, 2.45) is 0 Å². The summed E-state index contributed by atoms with van der Waals surface area (Å²) in [6.07, 6.45) is -2.86. The van der Waals surface area contributed by atoms with E-state index in [0.29, 0.717) is 11.3 Å². The number of rotatable bonds is 6. The number of halogens is 3. The zero-order chi connectivity index (χ0) is 16.9. The molecule has 2 N–H and O–H groups in total. The van der Waals surface area contributed by atoms with E-state index in [2.05, 4.69) is 10.6 Å². The summed E-state index contributed by atoms with van der Waals surface area (Å²) in [5, 5.41) is 5.58. The molecule has 1 aromatic carbocycles. The van der Waals surface area contributed by atoms with E-state index in [4.69, 9.17) is 4.42 Å². The molecule has 1 amide bonds. The minimum Gasteiger partial charge on any atom is -0.467 e. The Morgan fingerprint density at radius 1 is 1.22 bits per heavy atom. The van der Waals surface area contributed by atoms with Crippen LogP contribution in [-0.4, -0.2) is 11.9 Å². The highest BCUT2D eigenvalue weighted by Crippen LogP contribution is 2.29. The molecule has 124 valence electrons.